The van der Waals surface area contributed by atoms with Gasteiger partial charge in [-0.2, -0.15) is 5.26 Å². The molecule has 0 aliphatic heterocycles. The Morgan fingerprint density at radius 1 is 1.04 bits per heavy atom. The van der Waals surface area contributed by atoms with Gasteiger partial charge in [0, 0.05) is 31.1 Å². The monoisotopic (exact) mass is 383 g/mol. The summed E-state index contributed by atoms with van der Waals surface area (Å²) in [5, 5.41) is 8.92. The lowest BCUT2D eigenvalue weighted by Gasteiger charge is -2.61. The molecule has 0 saturated heterocycles. The van der Waals surface area contributed by atoms with E-state index in [1.165, 1.54) is 19.3 Å². The van der Waals surface area contributed by atoms with Crippen molar-refractivity contribution in [1.82, 2.24) is 0 Å². The summed E-state index contributed by atoms with van der Waals surface area (Å²) in [5.74, 6) is 3.18. The lowest BCUT2D eigenvalue weighted by molar-refractivity contribution is -0.169. The summed E-state index contributed by atoms with van der Waals surface area (Å²) in [6, 6.07) is 2.30. The summed E-state index contributed by atoms with van der Waals surface area (Å²) >= 11 is 0. The van der Waals surface area contributed by atoms with Crippen molar-refractivity contribution in [3.63, 3.8) is 0 Å². The van der Waals surface area contributed by atoms with E-state index in [0.29, 0.717) is 42.2 Å². The molecule has 4 rings (SSSR count). The average Bonchev–Trinajstić information content (AvgIpc) is 3.00. The number of carbonyl (C=O) groups excluding carboxylic acids is 2. The summed E-state index contributed by atoms with van der Waals surface area (Å²) in [6.07, 6.45) is 10.9. The van der Waals surface area contributed by atoms with Crippen molar-refractivity contribution in [3.8, 4) is 6.07 Å². The molecule has 154 valence electrons. The average molecular weight is 384 g/mol. The largest absolute Gasteiger partial charge is 0.300 e. The first-order chi connectivity index (χ1) is 13.4. The van der Waals surface area contributed by atoms with Gasteiger partial charge in [0.15, 0.2) is 0 Å². The number of unbranched alkanes of at least 4 members (excludes halogenated alkanes) is 1. The second kappa shape index (κ2) is 7.26. The first-order valence-electron chi connectivity index (χ1n) is 11.8. The zero-order valence-corrected chi connectivity index (χ0v) is 18.0. The van der Waals surface area contributed by atoms with Crippen molar-refractivity contribution >= 4 is 11.6 Å². The van der Waals surface area contributed by atoms with Gasteiger partial charge in [-0.15, -0.1) is 0 Å². The summed E-state index contributed by atoms with van der Waals surface area (Å²) in [7, 11) is 0. The van der Waals surface area contributed by atoms with E-state index in [-0.39, 0.29) is 28.6 Å². The number of carbonyl (C=O) groups is 2. The Kier molecular flexibility index (Phi) is 5.22. The fourth-order valence-electron chi connectivity index (χ4n) is 8.45. The maximum Gasteiger partial charge on any atom is 0.139 e. The third-order valence-electron chi connectivity index (χ3n) is 10.0. The first-order valence-corrected chi connectivity index (χ1v) is 11.8. The topological polar surface area (TPSA) is 57.9 Å². The predicted molar refractivity (Wildman–Crippen MR) is 109 cm³/mol. The molecule has 3 nitrogen and oxygen atoms in total. The van der Waals surface area contributed by atoms with Crippen LogP contribution in [0.5, 0.6) is 0 Å². The summed E-state index contributed by atoms with van der Waals surface area (Å²) in [6.45, 7) is 7.05. The highest BCUT2D eigenvalue weighted by molar-refractivity contribution is 5.88. The molecule has 0 N–H and O–H groups in total. The van der Waals surface area contributed by atoms with Gasteiger partial charge in [-0.1, -0.05) is 20.8 Å². The number of nitriles is 1. The van der Waals surface area contributed by atoms with Gasteiger partial charge < -0.3 is 0 Å². The molecule has 0 amide bonds. The smallest absolute Gasteiger partial charge is 0.139 e. The van der Waals surface area contributed by atoms with Crippen LogP contribution in [0, 0.1) is 57.7 Å². The van der Waals surface area contributed by atoms with Crippen LogP contribution in [0.25, 0.3) is 0 Å². The number of ketones is 2. The molecule has 28 heavy (non-hydrogen) atoms. The minimum atomic E-state index is 0.0930. The van der Waals surface area contributed by atoms with Gasteiger partial charge >= 0.3 is 0 Å². The van der Waals surface area contributed by atoms with Crippen molar-refractivity contribution in [2.24, 2.45) is 46.3 Å². The number of fused-ring (bicyclic) bond motifs is 5. The highest BCUT2D eigenvalue weighted by Gasteiger charge is 2.64. The fraction of sp³-hybridized carbons (Fsp3) is 0.880. The van der Waals surface area contributed by atoms with E-state index in [2.05, 4.69) is 26.8 Å². The fourth-order valence-corrected chi connectivity index (χ4v) is 8.45. The molecular formula is C25H37NO2. The number of hydrogen-bond donors (Lipinski definition) is 0. The van der Waals surface area contributed by atoms with Crippen LogP contribution >= 0.6 is 0 Å². The van der Waals surface area contributed by atoms with Crippen molar-refractivity contribution < 1.29 is 9.59 Å². The Bertz CT molecular complexity index is 693. The van der Waals surface area contributed by atoms with E-state index in [1.54, 1.807) is 0 Å². The lowest BCUT2D eigenvalue weighted by Crippen LogP contribution is -2.60. The first kappa shape index (κ1) is 20.1. The Morgan fingerprint density at radius 3 is 2.50 bits per heavy atom. The lowest BCUT2D eigenvalue weighted by atomic mass is 9.42. The summed E-state index contributed by atoms with van der Waals surface area (Å²) in [4.78, 5) is 26.0. The van der Waals surface area contributed by atoms with E-state index < -0.39 is 0 Å². The molecule has 4 saturated carbocycles. The molecule has 0 aromatic rings. The van der Waals surface area contributed by atoms with Gasteiger partial charge in [0.25, 0.3) is 0 Å². The molecule has 4 aliphatic rings. The molecule has 3 heteroatoms. The maximum atomic E-state index is 13.8. The number of nitrogens with zero attached hydrogens (tertiary/aromatic N) is 1. The molecular weight excluding hydrogens is 346 g/mol. The van der Waals surface area contributed by atoms with Crippen LogP contribution in [-0.2, 0) is 9.59 Å². The van der Waals surface area contributed by atoms with Crippen LogP contribution in [0.3, 0.4) is 0 Å². The number of rotatable bonds is 4. The van der Waals surface area contributed by atoms with Crippen LogP contribution in [0.15, 0.2) is 0 Å². The third kappa shape index (κ3) is 2.81. The molecule has 0 heterocycles. The normalized spacial score (nSPS) is 47.8. The quantitative estimate of drug-likeness (QED) is 0.583. The van der Waals surface area contributed by atoms with Gasteiger partial charge in [-0.25, -0.2) is 0 Å². The zero-order chi connectivity index (χ0) is 20.1. The molecule has 0 aromatic carbocycles. The van der Waals surface area contributed by atoms with Crippen molar-refractivity contribution in [2.75, 3.05) is 0 Å². The van der Waals surface area contributed by atoms with E-state index in [4.69, 9.17) is 5.26 Å². The molecule has 8 atom stereocenters. The van der Waals surface area contributed by atoms with Crippen LogP contribution in [-0.4, -0.2) is 11.6 Å². The van der Waals surface area contributed by atoms with Crippen LogP contribution in [0.4, 0.5) is 0 Å². The van der Waals surface area contributed by atoms with Crippen molar-refractivity contribution in [2.45, 2.75) is 91.4 Å². The third-order valence-corrected chi connectivity index (χ3v) is 10.0. The molecule has 4 fully saturated rings. The maximum absolute atomic E-state index is 13.8. The zero-order valence-electron chi connectivity index (χ0n) is 18.0. The van der Waals surface area contributed by atoms with Gasteiger partial charge in [0.2, 0.25) is 0 Å². The molecule has 0 radical (unpaired) electrons. The Morgan fingerprint density at radius 2 is 1.79 bits per heavy atom. The molecule has 0 spiro atoms. The van der Waals surface area contributed by atoms with Gasteiger partial charge in [0.05, 0.1) is 6.07 Å². The van der Waals surface area contributed by atoms with E-state index in [1.807, 2.05) is 0 Å². The van der Waals surface area contributed by atoms with Crippen LogP contribution in [0.1, 0.15) is 91.4 Å². The Labute approximate surface area is 170 Å². The van der Waals surface area contributed by atoms with Crippen molar-refractivity contribution in [1.29, 1.82) is 5.26 Å². The molecule has 4 aliphatic carbocycles. The predicted octanol–water partition coefficient (Wildman–Crippen LogP) is 5.72. The van der Waals surface area contributed by atoms with Crippen molar-refractivity contribution in [3.05, 3.63) is 0 Å². The highest BCUT2D eigenvalue weighted by Crippen LogP contribution is 2.68. The van der Waals surface area contributed by atoms with E-state index in [0.717, 1.165) is 38.5 Å². The summed E-state index contributed by atoms with van der Waals surface area (Å²) in [5.41, 5.74) is 0.450. The van der Waals surface area contributed by atoms with Crippen LogP contribution < -0.4 is 0 Å². The minimum Gasteiger partial charge on any atom is -0.300 e. The van der Waals surface area contributed by atoms with Gasteiger partial charge in [-0.3, -0.25) is 9.59 Å². The summed E-state index contributed by atoms with van der Waals surface area (Å²) < 4.78 is 0. The van der Waals surface area contributed by atoms with E-state index in [9.17, 15) is 9.59 Å². The standard InChI is InChI=1S/C25H37NO2/c1-4-18-21-15-17(27)10-12-25(21,3)20-11-13-24(2)16(7-5-6-14-26)8-9-19(24)22(20)23(18)28/h16,18-22H,4-13,15H2,1-3H3/t16?,18-,19?,20?,21-,22?,24+,25+/m0/s1. The Balaban J connectivity index is 1.64. The van der Waals surface area contributed by atoms with Gasteiger partial charge in [-0.05, 0) is 85.9 Å². The van der Waals surface area contributed by atoms with Gasteiger partial charge in [0.1, 0.15) is 11.6 Å². The van der Waals surface area contributed by atoms with Crippen LogP contribution in [0.2, 0.25) is 0 Å². The Hall–Kier alpha value is -1.17. The van der Waals surface area contributed by atoms with E-state index >= 15 is 0 Å². The minimum absolute atomic E-state index is 0.0930. The molecule has 0 bridgehead atoms. The molecule has 4 unspecified atom stereocenters. The number of hydrogen-bond acceptors (Lipinski definition) is 3. The molecule has 0 aromatic heterocycles. The second-order valence-electron chi connectivity index (χ2n) is 10.9. The second-order valence-corrected chi connectivity index (χ2v) is 10.9. The number of Topliss-reactive ketones (excluding diaryl/α,β-unsaturated/α-hetero) is 2. The highest BCUT2D eigenvalue weighted by atomic mass is 16.1. The SMILES string of the molecule is CC[C@@H]1C(=O)C2C3CCC(CCCC#N)[C@@]3(C)CCC2[C@@]2(C)CCC(=O)C[C@@H]12.